The van der Waals surface area contributed by atoms with Crippen LogP contribution in [0, 0.1) is 11.8 Å². The molecule has 0 aliphatic heterocycles. The van der Waals surface area contributed by atoms with Crippen LogP contribution in [0.25, 0.3) is 0 Å². The molecule has 0 heterocycles. The monoisotopic (exact) mass is 309 g/mol. The summed E-state index contributed by atoms with van der Waals surface area (Å²) in [6.07, 6.45) is 3.89. The maximum atomic E-state index is 6.41. The zero-order valence-electron chi connectivity index (χ0n) is 13.7. The summed E-state index contributed by atoms with van der Waals surface area (Å²) in [5, 5.41) is 4.18. The first-order valence-corrected chi connectivity index (χ1v) is 8.58. The van der Waals surface area contributed by atoms with Gasteiger partial charge in [0.2, 0.25) is 0 Å². The lowest BCUT2D eigenvalue weighted by atomic mass is 9.80. The van der Waals surface area contributed by atoms with Crippen molar-refractivity contribution >= 4 is 11.6 Å². The highest BCUT2D eigenvalue weighted by Gasteiger charge is 2.25. The van der Waals surface area contributed by atoms with Gasteiger partial charge in [-0.25, -0.2) is 0 Å². The summed E-state index contributed by atoms with van der Waals surface area (Å²) in [5.74, 6) is 2.46. The number of nitrogens with one attached hydrogen (secondary N) is 1. The number of rotatable bonds is 5. The van der Waals surface area contributed by atoms with E-state index in [-0.39, 0.29) is 6.04 Å². The summed E-state index contributed by atoms with van der Waals surface area (Å²) >= 11 is 6.41. The molecule has 1 saturated carbocycles. The first-order valence-electron chi connectivity index (χ1n) is 8.20. The molecule has 1 fully saturated rings. The van der Waals surface area contributed by atoms with E-state index in [1.54, 1.807) is 0 Å². The zero-order valence-corrected chi connectivity index (χ0v) is 14.4. The zero-order chi connectivity index (χ0) is 15.4. The van der Waals surface area contributed by atoms with Gasteiger partial charge in [-0.1, -0.05) is 38.4 Å². The van der Waals surface area contributed by atoms with Crippen molar-refractivity contribution in [3.8, 4) is 5.75 Å². The summed E-state index contributed by atoms with van der Waals surface area (Å²) in [7, 11) is 0. The molecule has 2 rings (SSSR count). The maximum Gasteiger partial charge on any atom is 0.121 e. The second-order valence-corrected chi connectivity index (χ2v) is 6.88. The molecule has 1 aromatic rings. The van der Waals surface area contributed by atoms with Crippen molar-refractivity contribution in [3.63, 3.8) is 0 Å². The van der Waals surface area contributed by atoms with Gasteiger partial charge in [-0.15, -0.1) is 0 Å². The Balaban J connectivity index is 2.00. The number of ether oxygens (including phenoxy) is 1. The van der Waals surface area contributed by atoms with Crippen LogP contribution in [0.1, 0.15) is 58.6 Å². The third-order valence-corrected chi connectivity index (χ3v) is 5.13. The van der Waals surface area contributed by atoms with Gasteiger partial charge in [0.1, 0.15) is 5.75 Å². The van der Waals surface area contributed by atoms with Crippen LogP contribution >= 0.6 is 11.6 Å². The van der Waals surface area contributed by atoms with Crippen molar-refractivity contribution in [2.24, 2.45) is 11.8 Å². The highest BCUT2D eigenvalue weighted by atomic mass is 35.5. The molecule has 0 saturated heterocycles. The first kappa shape index (κ1) is 16.6. The molecule has 0 radical (unpaired) electrons. The normalized spacial score (nSPS) is 27.4. The minimum atomic E-state index is 0.270. The second-order valence-electron chi connectivity index (χ2n) is 6.47. The molecule has 1 aromatic carbocycles. The third-order valence-electron chi connectivity index (χ3n) is 4.80. The summed E-state index contributed by atoms with van der Waals surface area (Å²) < 4.78 is 6.14. The van der Waals surface area contributed by atoms with Crippen LogP contribution in [0.5, 0.6) is 5.75 Å². The van der Waals surface area contributed by atoms with E-state index >= 15 is 0 Å². The van der Waals surface area contributed by atoms with Gasteiger partial charge in [0, 0.05) is 11.1 Å². The Labute approximate surface area is 134 Å². The SMILES string of the molecule is CCNC(C)c1ccc(OC2CCC(C)C(C)C2)cc1Cl. The van der Waals surface area contributed by atoms with Crippen molar-refractivity contribution in [2.75, 3.05) is 6.54 Å². The minimum Gasteiger partial charge on any atom is -0.490 e. The molecule has 4 atom stereocenters. The standard InChI is InChI=1S/C18H28ClNO/c1-5-20-14(4)17-9-8-16(11-18(17)19)21-15-7-6-12(2)13(3)10-15/h8-9,11-15,20H,5-7,10H2,1-4H3. The van der Waals surface area contributed by atoms with Crippen molar-refractivity contribution in [3.05, 3.63) is 28.8 Å². The Kier molecular flexibility index (Phi) is 5.95. The smallest absolute Gasteiger partial charge is 0.121 e. The van der Waals surface area contributed by atoms with Crippen molar-refractivity contribution in [1.29, 1.82) is 0 Å². The average molecular weight is 310 g/mol. The molecular weight excluding hydrogens is 282 g/mol. The quantitative estimate of drug-likeness (QED) is 0.805. The molecule has 21 heavy (non-hydrogen) atoms. The van der Waals surface area contributed by atoms with E-state index in [2.05, 4.69) is 45.1 Å². The molecule has 2 nitrogen and oxygen atoms in total. The van der Waals surface area contributed by atoms with Gasteiger partial charge in [0.25, 0.3) is 0 Å². The lowest BCUT2D eigenvalue weighted by Crippen LogP contribution is -2.28. The lowest BCUT2D eigenvalue weighted by Gasteiger charge is -2.32. The van der Waals surface area contributed by atoms with Crippen LogP contribution in [0.15, 0.2) is 18.2 Å². The van der Waals surface area contributed by atoms with Crippen LogP contribution in [0.3, 0.4) is 0 Å². The van der Waals surface area contributed by atoms with E-state index in [9.17, 15) is 0 Å². The van der Waals surface area contributed by atoms with Gasteiger partial charge < -0.3 is 10.1 Å². The molecule has 4 unspecified atom stereocenters. The van der Waals surface area contributed by atoms with Gasteiger partial charge in [0.05, 0.1) is 6.10 Å². The average Bonchev–Trinajstić information content (AvgIpc) is 2.43. The fourth-order valence-corrected chi connectivity index (χ4v) is 3.48. The number of hydrogen-bond donors (Lipinski definition) is 1. The van der Waals surface area contributed by atoms with E-state index in [0.717, 1.165) is 47.6 Å². The molecule has 3 heteroatoms. The van der Waals surface area contributed by atoms with Crippen LogP contribution in [-0.4, -0.2) is 12.6 Å². The summed E-state index contributed by atoms with van der Waals surface area (Å²) in [6, 6.07) is 6.37. The Hall–Kier alpha value is -0.730. The van der Waals surface area contributed by atoms with E-state index in [1.165, 1.54) is 6.42 Å². The third kappa shape index (κ3) is 4.37. The number of hydrogen-bond acceptors (Lipinski definition) is 2. The fraction of sp³-hybridized carbons (Fsp3) is 0.667. The molecule has 118 valence electrons. The molecule has 1 aliphatic rings. The van der Waals surface area contributed by atoms with Gasteiger partial charge in [-0.05, 0) is 62.3 Å². The number of halogens is 1. The maximum absolute atomic E-state index is 6.41. The molecule has 0 spiro atoms. The van der Waals surface area contributed by atoms with Crippen LogP contribution < -0.4 is 10.1 Å². The number of benzene rings is 1. The van der Waals surface area contributed by atoms with Gasteiger partial charge in [-0.3, -0.25) is 0 Å². The Morgan fingerprint density at radius 1 is 1.29 bits per heavy atom. The van der Waals surface area contributed by atoms with E-state index in [4.69, 9.17) is 16.3 Å². The second kappa shape index (κ2) is 7.51. The molecule has 0 bridgehead atoms. The molecular formula is C18H28ClNO. The van der Waals surface area contributed by atoms with Crippen LogP contribution in [-0.2, 0) is 0 Å². The van der Waals surface area contributed by atoms with Crippen molar-refractivity contribution in [1.82, 2.24) is 5.32 Å². The molecule has 0 aromatic heterocycles. The van der Waals surface area contributed by atoms with Gasteiger partial charge in [0.15, 0.2) is 0 Å². The van der Waals surface area contributed by atoms with Crippen molar-refractivity contribution < 1.29 is 4.74 Å². The molecule has 1 N–H and O–H groups in total. The largest absolute Gasteiger partial charge is 0.490 e. The Morgan fingerprint density at radius 2 is 2.05 bits per heavy atom. The summed E-state index contributed by atoms with van der Waals surface area (Å²) in [6.45, 7) is 9.85. The van der Waals surface area contributed by atoms with Gasteiger partial charge in [-0.2, -0.15) is 0 Å². The van der Waals surface area contributed by atoms with Gasteiger partial charge >= 0.3 is 0 Å². The minimum absolute atomic E-state index is 0.270. The Morgan fingerprint density at radius 3 is 2.67 bits per heavy atom. The van der Waals surface area contributed by atoms with E-state index < -0.39 is 0 Å². The fourth-order valence-electron chi connectivity index (χ4n) is 3.15. The van der Waals surface area contributed by atoms with Crippen LogP contribution in [0.4, 0.5) is 0 Å². The van der Waals surface area contributed by atoms with Crippen molar-refractivity contribution in [2.45, 2.75) is 59.1 Å². The van der Waals surface area contributed by atoms with E-state index in [1.807, 2.05) is 6.07 Å². The molecule has 0 amide bonds. The topological polar surface area (TPSA) is 21.3 Å². The lowest BCUT2D eigenvalue weighted by molar-refractivity contribution is 0.101. The Bertz CT molecular complexity index is 463. The highest BCUT2D eigenvalue weighted by Crippen LogP contribution is 2.33. The van der Waals surface area contributed by atoms with E-state index in [0.29, 0.717) is 6.10 Å². The van der Waals surface area contributed by atoms with Crippen LogP contribution in [0.2, 0.25) is 5.02 Å². The summed E-state index contributed by atoms with van der Waals surface area (Å²) in [5.41, 5.74) is 1.14. The first-order chi connectivity index (χ1) is 10.0. The highest BCUT2D eigenvalue weighted by molar-refractivity contribution is 6.31. The summed E-state index contributed by atoms with van der Waals surface area (Å²) in [4.78, 5) is 0. The predicted molar refractivity (Wildman–Crippen MR) is 90.1 cm³/mol. The molecule has 1 aliphatic carbocycles. The predicted octanol–water partition coefficient (Wildman–Crippen LogP) is 5.21.